The number of furan rings is 1. The molecule has 0 bridgehead atoms. The van der Waals surface area contributed by atoms with Crippen LogP contribution in [0.3, 0.4) is 0 Å². The first-order valence-corrected chi connectivity index (χ1v) is 8.27. The maximum atomic E-state index is 12.4. The number of carbonyl (C=O) groups excluding carboxylic acids is 2. The zero-order valence-corrected chi connectivity index (χ0v) is 15.3. The molecule has 0 aliphatic rings. The van der Waals surface area contributed by atoms with Crippen molar-refractivity contribution in [2.24, 2.45) is 0 Å². The zero-order chi connectivity index (χ0) is 18.6. The molecule has 0 saturated heterocycles. The number of esters is 1. The van der Waals surface area contributed by atoms with Crippen LogP contribution < -0.4 is 0 Å². The van der Waals surface area contributed by atoms with Crippen LogP contribution in [0.1, 0.15) is 55.1 Å². The molecule has 1 aromatic heterocycles. The Bertz CT molecular complexity index is 773. The van der Waals surface area contributed by atoms with Gasteiger partial charge >= 0.3 is 5.97 Å². The van der Waals surface area contributed by atoms with Crippen molar-refractivity contribution in [2.45, 2.75) is 46.1 Å². The third-order valence-electron chi connectivity index (χ3n) is 3.84. The van der Waals surface area contributed by atoms with Crippen LogP contribution in [0.4, 0.5) is 0 Å². The average Bonchev–Trinajstić information content (AvgIpc) is 2.97. The summed E-state index contributed by atoms with van der Waals surface area (Å²) < 4.78 is 10.5. The summed E-state index contributed by atoms with van der Waals surface area (Å²) in [5.41, 5.74) is 1.69. The highest BCUT2D eigenvalue weighted by Gasteiger charge is 2.20. The Morgan fingerprint density at radius 2 is 1.72 bits per heavy atom. The summed E-state index contributed by atoms with van der Waals surface area (Å²) in [6.45, 7) is 9.73. The summed E-state index contributed by atoms with van der Waals surface area (Å²) in [6, 6.07) is 11.0. The van der Waals surface area contributed by atoms with Crippen molar-refractivity contribution >= 4 is 17.8 Å². The van der Waals surface area contributed by atoms with Crippen molar-refractivity contribution < 1.29 is 18.7 Å². The van der Waals surface area contributed by atoms with Crippen molar-refractivity contribution in [3.63, 3.8) is 0 Å². The normalized spacial score (nSPS) is 13.0. The lowest BCUT2D eigenvalue weighted by Gasteiger charge is -2.19. The smallest absolute Gasteiger partial charge is 0.331 e. The lowest BCUT2D eigenvalue weighted by atomic mass is 9.86. The Kier molecular flexibility index (Phi) is 5.62. The Morgan fingerprint density at radius 3 is 2.24 bits per heavy atom. The Labute approximate surface area is 148 Å². The van der Waals surface area contributed by atoms with Crippen LogP contribution >= 0.6 is 0 Å². The lowest BCUT2D eigenvalue weighted by molar-refractivity contribution is -0.140. The lowest BCUT2D eigenvalue weighted by Crippen LogP contribution is -2.23. The fourth-order valence-corrected chi connectivity index (χ4v) is 2.33. The topological polar surface area (TPSA) is 56.5 Å². The molecule has 0 N–H and O–H groups in total. The van der Waals surface area contributed by atoms with Gasteiger partial charge in [-0.25, -0.2) is 4.79 Å². The molecule has 0 aliphatic carbocycles. The highest BCUT2D eigenvalue weighted by molar-refractivity contribution is 6.01. The first-order chi connectivity index (χ1) is 11.7. The first kappa shape index (κ1) is 18.7. The van der Waals surface area contributed by atoms with Crippen molar-refractivity contribution in [2.75, 3.05) is 0 Å². The summed E-state index contributed by atoms with van der Waals surface area (Å²) in [5, 5.41) is 0. The van der Waals surface area contributed by atoms with E-state index in [0.717, 1.165) is 11.3 Å². The number of ether oxygens (including phenoxy) is 1. The maximum absolute atomic E-state index is 12.4. The van der Waals surface area contributed by atoms with E-state index in [1.165, 1.54) is 12.2 Å². The number of benzene rings is 1. The summed E-state index contributed by atoms with van der Waals surface area (Å²) in [5.74, 6) is 0.513. The van der Waals surface area contributed by atoms with Gasteiger partial charge < -0.3 is 9.15 Å². The molecule has 1 atom stereocenters. The number of hydrogen-bond donors (Lipinski definition) is 0. The second-order valence-electron chi connectivity index (χ2n) is 7.05. The van der Waals surface area contributed by atoms with Crippen molar-refractivity contribution in [1.29, 1.82) is 0 Å². The first-order valence-electron chi connectivity index (χ1n) is 8.27. The summed E-state index contributed by atoms with van der Waals surface area (Å²) in [4.78, 5) is 24.3. The molecule has 1 heterocycles. The summed E-state index contributed by atoms with van der Waals surface area (Å²) >= 11 is 0. The van der Waals surface area contributed by atoms with E-state index in [2.05, 4.69) is 20.8 Å². The molecule has 4 heteroatoms. The van der Waals surface area contributed by atoms with Gasteiger partial charge in [0.05, 0.1) is 0 Å². The monoisotopic (exact) mass is 340 g/mol. The maximum Gasteiger partial charge on any atom is 0.331 e. The van der Waals surface area contributed by atoms with E-state index in [1.54, 1.807) is 31.2 Å². The highest BCUT2D eigenvalue weighted by Crippen LogP contribution is 2.22. The molecule has 25 heavy (non-hydrogen) atoms. The van der Waals surface area contributed by atoms with Crippen LogP contribution in [0.2, 0.25) is 0 Å². The molecular formula is C21H24O4. The van der Waals surface area contributed by atoms with Crippen LogP contribution in [0, 0.1) is 6.92 Å². The zero-order valence-electron chi connectivity index (χ0n) is 15.3. The molecule has 132 valence electrons. The van der Waals surface area contributed by atoms with Crippen molar-refractivity contribution in [3.05, 3.63) is 65.1 Å². The number of rotatable bonds is 5. The highest BCUT2D eigenvalue weighted by atomic mass is 16.5. The van der Waals surface area contributed by atoms with Gasteiger partial charge in [0.2, 0.25) is 5.78 Å². The van der Waals surface area contributed by atoms with Gasteiger partial charge in [0.25, 0.3) is 0 Å². The molecular weight excluding hydrogens is 316 g/mol. The molecule has 0 spiro atoms. The van der Waals surface area contributed by atoms with Gasteiger partial charge in [-0.15, -0.1) is 0 Å². The standard InChI is InChI=1S/C21H24O4/c1-14-6-11-18(24-14)12-13-19(22)25-15(2)20(23)16-7-9-17(10-8-16)21(3,4)5/h6-13,15H,1-5H3/b13-12+/t15-/m1/s1. The van der Waals surface area contributed by atoms with E-state index < -0.39 is 12.1 Å². The van der Waals surface area contributed by atoms with Gasteiger partial charge in [-0.2, -0.15) is 0 Å². The molecule has 2 aromatic rings. The molecule has 0 aliphatic heterocycles. The molecule has 0 amide bonds. The van der Waals surface area contributed by atoms with Crippen LogP contribution in [-0.2, 0) is 14.9 Å². The van der Waals surface area contributed by atoms with Gasteiger partial charge in [0.1, 0.15) is 11.5 Å². The number of Topliss-reactive ketones (excluding diaryl/α,β-unsaturated/α-hetero) is 1. The number of aryl methyl sites for hydroxylation is 1. The van der Waals surface area contributed by atoms with Gasteiger partial charge in [0.15, 0.2) is 6.10 Å². The molecule has 1 aromatic carbocycles. The van der Waals surface area contributed by atoms with Crippen LogP contribution in [0.25, 0.3) is 6.08 Å². The third kappa shape index (κ3) is 5.18. The van der Waals surface area contributed by atoms with Gasteiger partial charge in [-0.05, 0) is 43.0 Å². The van der Waals surface area contributed by atoms with Crippen LogP contribution in [-0.4, -0.2) is 17.9 Å². The Hall–Kier alpha value is -2.62. The van der Waals surface area contributed by atoms with E-state index in [-0.39, 0.29) is 11.2 Å². The second kappa shape index (κ2) is 7.51. The molecule has 0 saturated carbocycles. The summed E-state index contributed by atoms with van der Waals surface area (Å²) in [7, 11) is 0. The van der Waals surface area contributed by atoms with Gasteiger partial charge in [-0.1, -0.05) is 45.0 Å². The van der Waals surface area contributed by atoms with Gasteiger partial charge in [0, 0.05) is 11.6 Å². The van der Waals surface area contributed by atoms with Crippen molar-refractivity contribution in [3.8, 4) is 0 Å². The Morgan fingerprint density at radius 1 is 1.08 bits per heavy atom. The van der Waals surface area contributed by atoms with Gasteiger partial charge in [-0.3, -0.25) is 4.79 Å². The SMILES string of the molecule is Cc1ccc(/C=C/C(=O)O[C@H](C)C(=O)c2ccc(C(C)(C)C)cc2)o1. The minimum absolute atomic E-state index is 0.0225. The van der Waals surface area contributed by atoms with E-state index in [1.807, 2.05) is 19.1 Å². The molecule has 0 radical (unpaired) electrons. The minimum Gasteiger partial charge on any atom is -0.462 e. The van der Waals surface area contributed by atoms with E-state index >= 15 is 0 Å². The van der Waals surface area contributed by atoms with E-state index in [9.17, 15) is 9.59 Å². The second-order valence-corrected chi connectivity index (χ2v) is 7.05. The van der Waals surface area contributed by atoms with E-state index in [0.29, 0.717) is 11.3 Å². The van der Waals surface area contributed by atoms with Crippen molar-refractivity contribution in [1.82, 2.24) is 0 Å². The molecule has 2 rings (SSSR count). The fourth-order valence-electron chi connectivity index (χ4n) is 2.33. The average molecular weight is 340 g/mol. The number of ketones is 1. The van der Waals surface area contributed by atoms with E-state index in [4.69, 9.17) is 9.15 Å². The number of carbonyl (C=O) groups is 2. The molecule has 0 fully saturated rings. The predicted molar refractivity (Wildman–Crippen MR) is 97.5 cm³/mol. The predicted octanol–water partition coefficient (Wildman–Crippen LogP) is 4.71. The minimum atomic E-state index is -0.851. The largest absolute Gasteiger partial charge is 0.462 e. The quantitative estimate of drug-likeness (QED) is 0.449. The molecule has 0 unspecified atom stereocenters. The molecule has 4 nitrogen and oxygen atoms in total. The Balaban J connectivity index is 1.97. The van der Waals surface area contributed by atoms with Crippen LogP contribution in [0.5, 0.6) is 0 Å². The third-order valence-corrected chi connectivity index (χ3v) is 3.84. The van der Waals surface area contributed by atoms with Crippen LogP contribution in [0.15, 0.2) is 46.9 Å². The number of hydrogen-bond acceptors (Lipinski definition) is 4. The summed E-state index contributed by atoms with van der Waals surface area (Å²) in [6.07, 6.45) is 1.92. The fraction of sp³-hybridized carbons (Fsp3) is 0.333.